The quantitative estimate of drug-likeness (QED) is 0.752. The average molecular weight is 391 g/mol. The molecule has 2 aromatic rings. The van der Waals surface area contributed by atoms with Crippen LogP contribution >= 0.6 is 0 Å². The molecule has 1 amide bonds. The summed E-state index contributed by atoms with van der Waals surface area (Å²) in [6.45, 7) is 3.84. The Labute approximate surface area is 161 Å². The van der Waals surface area contributed by atoms with Crippen molar-refractivity contribution in [1.82, 2.24) is 4.31 Å². The summed E-state index contributed by atoms with van der Waals surface area (Å²) in [4.78, 5) is 12.4. The van der Waals surface area contributed by atoms with E-state index in [0.717, 1.165) is 22.9 Å². The fraction of sp³-hybridized carbons (Fsp3) is 0.350. The van der Waals surface area contributed by atoms with Gasteiger partial charge >= 0.3 is 0 Å². The van der Waals surface area contributed by atoms with Crippen molar-refractivity contribution >= 4 is 21.6 Å². The van der Waals surface area contributed by atoms with Gasteiger partial charge in [-0.05, 0) is 49.1 Å². The highest BCUT2D eigenvalue weighted by Crippen LogP contribution is 2.19. The van der Waals surface area contributed by atoms with Crippen LogP contribution in [0.3, 0.4) is 0 Å². The number of aryl methyl sites for hydroxylation is 1. The number of para-hydroxylation sites is 1. The lowest BCUT2D eigenvalue weighted by Crippen LogP contribution is -2.38. The smallest absolute Gasteiger partial charge is 0.239 e. The minimum absolute atomic E-state index is 0.194. The fourth-order valence-corrected chi connectivity index (χ4v) is 3.53. The van der Waals surface area contributed by atoms with Crippen LogP contribution in [0, 0.1) is 13.8 Å². The second-order valence-corrected chi connectivity index (χ2v) is 8.44. The Morgan fingerprint density at radius 2 is 1.81 bits per heavy atom. The lowest BCUT2D eigenvalue weighted by Gasteiger charge is -2.20. The molecule has 0 heterocycles. The van der Waals surface area contributed by atoms with Crippen molar-refractivity contribution in [3.05, 3.63) is 59.2 Å². The van der Waals surface area contributed by atoms with Crippen molar-refractivity contribution in [1.29, 1.82) is 0 Å². The molecule has 0 atom stereocenters. The first-order valence-corrected chi connectivity index (χ1v) is 10.5. The van der Waals surface area contributed by atoms with Crippen molar-refractivity contribution in [2.24, 2.45) is 0 Å². The van der Waals surface area contributed by atoms with E-state index < -0.39 is 10.0 Å². The number of hydrogen-bond donors (Lipinski definition) is 1. The van der Waals surface area contributed by atoms with Crippen LogP contribution < -0.4 is 10.1 Å². The summed E-state index contributed by atoms with van der Waals surface area (Å²) >= 11 is 0. The van der Waals surface area contributed by atoms with Crippen LogP contribution in [0.2, 0.25) is 0 Å². The molecule has 7 heteroatoms. The van der Waals surface area contributed by atoms with E-state index in [9.17, 15) is 13.2 Å². The number of ether oxygens (including phenoxy) is 1. The van der Waals surface area contributed by atoms with Gasteiger partial charge in [0.25, 0.3) is 0 Å². The summed E-state index contributed by atoms with van der Waals surface area (Å²) < 4.78 is 30.7. The van der Waals surface area contributed by atoms with Gasteiger partial charge in [0.1, 0.15) is 5.75 Å². The molecule has 27 heavy (non-hydrogen) atoms. The van der Waals surface area contributed by atoms with Gasteiger partial charge < -0.3 is 10.1 Å². The van der Waals surface area contributed by atoms with Gasteiger partial charge in [-0.15, -0.1) is 0 Å². The third-order valence-electron chi connectivity index (χ3n) is 4.49. The van der Waals surface area contributed by atoms with Gasteiger partial charge in [-0.3, -0.25) is 4.79 Å². The molecule has 2 rings (SSSR count). The minimum Gasteiger partial charge on any atom is -0.496 e. The van der Waals surface area contributed by atoms with Crippen LogP contribution in [0.25, 0.3) is 0 Å². The number of methoxy groups -OCH3 is 1. The van der Waals surface area contributed by atoms with Crippen LogP contribution in [-0.2, 0) is 21.2 Å². The molecule has 0 aliphatic rings. The molecule has 0 radical (unpaired) electrons. The molecule has 1 N–H and O–H groups in total. The summed E-state index contributed by atoms with van der Waals surface area (Å²) in [5, 5.41) is 2.80. The van der Waals surface area contributed by atoms with Crippen molar-refractivity contribution in [2.45, 2.75) is 20.3 Å². The Kier molecular flexibility index (Phi) is 6.98. The predicted molar refractivity (Wildman–Crippen MR) is 108 cm³/mol. The van der Waals surface area contributed by atoms with E-state index in [1.165, 1.54) is 4.31 Å². The first-order chi connectivity index (χ1) is 12.7. The maximum absolute atomic E-state index is 12.4. The Hall–Kier alpha value is -2.38. The molecule has 0 aliphatic heterocycles. The summed E-state index contributed by atoms with van der Waals surface area (Å²) in [7, 11) is -1.95. The number of carbonyl (C=O) groups excluding carboxylic acids is 1. The monoisotopic (exact) mass is 390 g/mol. The molecular formula is C20H26N2O4S. The van der Waals surface area contributed by atoms with Crippen LogP contribution in [0.4, 0.5) is 5.69 Å². The van der Waals surface area contributed by atoms with Gasteiger partial charge in [-0.25, -0.2) is 8.42 Å². The Balaban J connectivity index is 2.08. The molecule has 0 bridgehead atoms. The summed E-state index contributed by atoms with van der Waals surface area (Å²) in [5.41, 5.74) is 3.61. The van der Waals surface area contributed by atoms with E-state index in [2.05, 4.69) is 5.32 Å². The lowest BCUT2D eigenvalue weighted by molar-refractivity contribution is -0.116. The number of hydrogen-bond acceptors (Lipinski definition) is 4. The first kappa shape index (κ1) is 20.9. The van der Waals surface area contributed by atoms with Crippen LogP contribution in [0.1, 0.15) is 16.7 Å². The zero-order valence-corrected chi connectivity index (χ0v) is 17.0. The number of carbonyl (C=O) groups is 1. The predicted octanol–water partition coefficient (Wildman–Crippen LogP) is 2.75. The minimum atomic E-state index is -3.53. The highest BCUT2D eigenvalue weighted by Gasteiger charge is 2.21. The van der Waals surface area contributed by atoms with E-state index in [1.807, 2.05) is 50.2 Å². The molecule has 2 aromatic carbocycles. The molecule has 6 nitrogen and oxygen atoms in total. The molecule has 0 saturated heterocycles. The zero-order chi connectivity index (χ0) is 20.0. The topological polar surface area (TPSA) is 75.7 Å². The number of nitrogens with one attached hydrogen (secondary N) is 1. The molecule has 0 aromatic heterocycles. The normalized spacial score (nSPS) is 11.4. The number of anilines is 1. The fourth-order valence-electron chi connectivity index (χ4n) is 2.75. The van der Waals surface area contributed by atoms with E-state index in [4.69, 9.17) is 4.74 Å². The standard InChI is InChI=1S/C20H26N2O4S/c1-15-8-7-10-18(16(15)2)21-20(23)14-22(27(4,24)25)13-12-17-9-5-6-11-19(17)26-3/h5-11H,12-14H2,1-4H3,(H,21,23). The van der Waals surface area contributed by atoms with E-state index in [-0.39, 0.29) is 19.0 Å². The van der Waals surface area contributed by atoms with Crippen molar-refractivity contribution in [3.8, 4) is 5.75 Å². The van der Waals surface area contributed by atoms with E-state index in [1.54, 1.807) is 13.2 Å². The Morgan fingerprint density at radius 3 is 2.48 bits per heavy atom. The summed E-state index contributed by atoms with van der Waals surface area (Å²) in [6, 6.07) is 13.1. The van der Waals surface area contributed by atoms with E-state index in [0.29, 0.717) is 17.9 Å². The van der Waals surface area contributed by atoms with Crippen LogP contribution in [0.15, 0.2) is 42.5 Å². The van der Waals surface area contributed by atoms with Gasteiger partial charge in [-0.2, -0.15) is 4.31 Å². The maximum atomic E-state index is 12.4. The average Bonchev–Trinajstić information content (AvgIpc) is 2.61. The van der Waals surface area contributed by atoms with E-state index >= 15 is 0 Å². The molecule has 0 spiro atoms. The largest absolute Gasteiger partial charge is 0.496 e. The van der Waals surface area contributed by atoms with Crippen LogP contribution in [0.5, 0.6) is 5.75 Å². The second kappa shape index (κ2) is 9.01. The van der Waals surface area contributed by atoms with Gasteiger partial charge in [0.15, 0.2) is 0 Å². The van der Waals surface area contributed by atoms with Crippen molar-refractivity contribution in [3.63, 3.8) is 0 Å². The zero-order valence-electron chi connectivity index (χ0n) is 16.2. The highest BCUT2D eigenvalue weighted by atomic mass is 32.2. The maximum Gasteiger partial charge on any atom is 0.239 e. The number of amides is 1. The van der Waals surface area contributed by atoms with Crippen LogP contribution in [-0.4, -0.2) is 45.1 Å². The number of rotatable bonds is 8. The highest BCUT2D eigenvalue weighted by molar-refractivity contribution is 7.88. The third kappa shape index (κ3) is 5.80. The molecule has 0 unspecified atom stereocenters. The lowest BCUT2D eigenvalue weighted by atomic mass is 10.1. The Bertz CT molecular complexity index is 910. The molecule has 0 aliphatic carbocycles. The molecular weight excluding hydrogens is 364 g/mol. The number of sulfonamides is 1. The molecule has 0 saturated carbocycles. The summed E-state index contributed by atoms with van der Waals surface area (Å²) in [5.74, 6) is 0.333. The first-order valence-electron chi connectivity index (χ1n) is 8.65. The Morgan fingerprint density at radius 1 is 1.11 bits per heavy atom. The van der Waals surface area contributed by atoms with Crippen molar-refractivity contribution in [2.75, 3.05) is 31.8 Å². The van der Waals surface area contributed by atoms with Crippen molar-refractivity contribution < 1.29 is 17.9 Å². The second-order valence-electron chi connectivity index (χ2n) is 6.45. The van der Waals surface area contributed by atoms with Gasteiger partial charge in [0.05, 0.1) is 19.9 Å². The van der Waals surface area contributed by atoms with Gasteiger partial charge in [-0.1, -0.05) is 30.3 Å². The van der Waals surface area contributed by atoms with Gasteiger partial charge in [0.2, 0.25) is 15.9 Å². The number of benzene rings is 2. The summed E-state index contributed by atoms with van der Waals surface area (Å²) in [6.07, 6.45) is 1.56. The number of nitrogens with zero attached hydrogens (tertiary/aromatic N) is 1. The molecule has 146 valence electrons. The van der Waals surface area contributed by atoms with Gasteiger partial charge in [0, 0.05) is 12.2 Å². The molecule has 0 fully saturated rings. The SMILES string of the molecule is COc1ccccc1CCN(CC(=O)Nc1cccc(C)c1C)S(C)(=O)=O. The third-order valence-corrected chi connectivity index (χ3v) is 5.74.